The van der Waals surface area contributed by atoms with Crippen LogP contribution in [0.5, 0.6) is 0 Å². The first-order chi connectivity index (χ1) is 15.2. The number of amides is 1. The predicted octanol–water partition coefficient (Wildman–Crippen LogP) is 5.42. The normalized spacial score (nSPS) is 20.8. The van der Waals surface area contributed by atoms with Gasteiger partial charge >= 0.3 is 0 Å². The third-order valence-electron chi connectivity index (χ3n) is 7.14. The molecule has 0 saturated carbocycles. The summed E-state index contributed by atoms with van der Waals surface area (Å²) in [6, 6.07) is 19.5. The second-order valence-corrected chi connectivity index (χ2v) is 8.99. The maximum absolute atomic E-state index is 12.6. The van der Waals surface area contributed by atoms with Crippen molar-refractivity contribution in [1.82, 2.24) is 9.88 Å². The fraction of sp³-hybridized carbons (Fsp3) is 0.407. The fourth-order valence-corrected chi connectivity index (χ4v) is 5.09. The summed E-state index contributed by atoms with van der Waals surface area (Å²) in [4.78, 5) is 19.1. The maximum atomic E-state index is 12.6. The van der Waals surface area contributed by atoms with Gasteiger partial charge in [0.05, 0.1) is 5.52 Å². The highest BCUT2D eigenvalue weighted by atomic mass is 16.5. The van der Waals surface area contributed by atoms with E-state index in [1.54, 1.807) is 0 Å². The van der Waals surface area contributed by atoms with Gasteiger partial charge in [0.25, 0.3) is 5.91 Å². The molecule has 2 saturated heterocycles. The molecule has 2 aromatic carbocycles. The molecule has 4 nitrogen and oxygen atoms in total. The summed E-state index contributed by atoms with van der Waals surface area (Å²) in [5, 5.41) is 1.17. The lowest BCUT2D eigenvalue weighted by Crippen LogP contribution is -2.44. The van der Waals surface area contributed by atoms with Gasteiger partial charge in [-0.3, -0.25) is 9.78 Å². The molecule has 0 radical (unpaired) electrons. The van der Waals surface area contributed by atoms with Crippen molar-refractivity contribution in [2.45, 2.75) is 44.6 Å². The van der Waals surface area contributed by atoms with E-state index in [0.29, 0.717) is 11.8 Å². The minimum Gasteiger partial charge on any atom is -0.368 e. The summed E-state index contributed by atoms with van der Waals surface area (Å²) < 4.78 is 5.59. The molecular formula is C27H30N2O2. The van der Waals surface area contributed by atoms with E-state index in [4.69, 9.17) is 4.74 Å². The van der Waals surface area contributed by atoms with Crippen LogP contribution in [0.15, 0.2) is 60.8 Å². The molecule has 0 aliphatic carbocycles. The van der Waals surface area contributed by atoms with Crippen molar-refractivity contribution in [2.24, 2.45) is 5.92 Å². The van der Waals surface area contributed by atoms with E-state index in [1.165, 1.54) is 22.1 Å². The molecule has 0 bridgehead atoms. The van der Waals surface area contributed by atoms with E-state index in [0.717, 1.165) is 50.9 Å². The quantitative estimate of drug-likeness (QED) is 0.572. The van der Waals surface area contributed by atoms with Crippen molar-refractivity contribution in [3.63, 3.8) is 0 Å². The highest BCUT2D eigenvalue weighted by Crippen LogP contribution is 2.34. The van der Waals surface area contributed by atoms with Crippen LogP contribution in [-0.2, 0) is 9.53 Å². The number of benzene rings is 2. The number of carbonyl (C=O) groups excluding carboxylic acids is 1. The topological polar surface area (TPSA) is 42.4 Å². The molecule has 1 aromatic heterocycles. The lowest BCUT2D eigenvalue weighted by atomic mass is 9.81. The van der Waals surface area contributed by atoms with E-state index in [1.807, 2.05) is 17.2 Å². The first-order valence-electron chi connectivity index (χ1n) is 11.5. The molecule has 2 aliphatic rings. The fourth-order valence-electron chi connectivity index (χ4n) is 5.09. The molecule has 3 heterocycles. The van der Waals surface area contributed by atoms with E-state index in [-0.39, 0.29) is 12.0 Å². The van der Waals surface area contributed by atoms with Gasteiger partial charge in [0.2, 0.25) is 0 Å². The molecule has 2 aliphatic heterocycles. The molecule has 2 atom stereocenters. The number of nitrogens with zero attached hydrogens (tertiary/aromatic N) is 2. The van der Waals surface area contributed by atoms with E-state index in [2.05, 4.69) is 60.4 Å². The summed E-state index contributed by atoms with van der Waals surface area (Å²) in [5.74, 6) is 1.31. The van der Waals surface area contributed by atoms with E-state index < -0.39 is 0 Å². The number of aromatic nitrogens is 1. The van der Waals surface area contributed by atoms with E-state index in [9.17, 15) is 4.79 Å². The lowest BCUT2D eigenvalue weighted by Gasteiger charge is -2.36. The number of rotatable bonds is 4. The molecule has 1 unspecified atom stereocenters. The summed E-state index contributed by atoms with van der Waals surface area (Å²) in [6.45, 7) is 4.78. The first kappa shape index (κ1) is 20.2. The number of piperidine rings is 1. The van der Waals surface area contributed by atoms with Crippen LogP contribution in [0.25, 0.3) is 22.0 Å². The first-order valence-corrected chi connectivity index (χ1v) is 11.5. The van der Waals surface area contributed by atoms with Crippen molar-refractivity contribution >= 4 is 16.8 Å². The molecule has 5 rings (SSSR count). The average molecular weight is 415 g/mol. The van der Waals surface area contributed by atoms with E-state index >= 15 is 0 Å². The second-order valence-electron chi connectivity index (χ2n) is 8.99. The Morgan fingerprint density at radius 2 is 1.81 bits per heavy atom. The highest BCUT2D eigenvalue weighted by Gasteiger charge is 2.32. The summed E-state index contributed by atoms with van der Waals surface area (Å²) >= 11 is 0. The van der Waals surface area contributed by atoms with Crippen LogP contribution in [0.4, 0.5) is 0 Å². The van der Waals surface area contributed by atoms with Gasteiger partial charge in [0.15, 0.2) is 0 Å². The van der Waals surface area contributed by atoms with Crippen LogP contribution in [0.2, 0.25) is 0 Å². The van der Waals surface area contributed by atoms with Gasteiger partial charge in [-0.25, -0.2) is 0 Å². The Labute approximate surface area is 184 Å². The van der Waals surface area contributed by atoms with Crippen molar-refractivity contribution in [1.29, 1.82) is 0 Å². The minimum atomic E-state index is -0.188. The monoisotopic (exact) mass is 414 g/mol. The number of ether oxygens (including phenoxy) is 1. The number of pyridine rings is 1. The highest BCUT2D eigenvalue weighted by molar-refractivity contribution is 5.84. The van der Waals surface area contributed by atoms with Gasteiger partial charge in [0, 0.05) is 31.3 Å². The van der Waals surface area contributed by atoms with Gasteiger partial charge in [-0.1, -0.05) is 49.4 Å². The van der Waals surface area contributed by atoms with Crippen LogP contribution in [0.1, 0.15) is 44.1 Å². The van der Waals surface area contributed by atoms with Crippen LogP contribution in [0, 0.1) is 5.92 Å². The number of fused-ring (bicyclic) bond motifs is 1. The molecule has 1 amide bonds. The number of likely N-dealkylation sites (tertiary alicyclic amines) is 1. The third-order valence-corrected chi connectivity index (χ3v) is 7.14. The Bertz CT molecular complexity index is 1050. The molecule has 31 heavy (non-hydrogen) atoms. The zero-order chi connectivity index (χ0) is 21.2. The Kier molecular flexibility index (Phi) is 5.73. The molecular weight excluding hydrogens is 384 g/mol. The lowest BCUT2D eigenvalue weighted by molar-refractivity contribution is -0.142. The Balaban J connectivity index is 1.23. The number of hydrogen-bond donors (Lipinski definition) is 0. The Morgan fingerprint density at radius 3 is 2.55 bits per heavy atom. The molecule has 0 spiro atoms. The molecule has 3 aromatic rings. The summed E-state index contributed by atoms with van der Waals surface area (Å²) in [7, 11) is 0. The molecule has 4 heteroatoms. The van der Waals surface area contributed by atoms with Gasteiger partial charge in [-0.05, 0) is 66.3 Å². The molecule has 2 fully saturated rings. The summed E-state index contributed by atoms with van der Waals surface area (Å²) in [6.07, 6.45) is 5.68. The zero-order valence-corrected chi connectivity index (χ0v) is 18.2. The van der Waals surface area contributed by atoms with Crippen LogP contribution >= 0.6 is 0 Å². The average Bonchev–Trinajstić information content (AvgIpc) is 3.38. The smallest absolute Gasteiger partial charge is 0.251 e. The van der Waals surface area contributed by atoms with Gasteiger partial charge < -0.3 is 9.64 Å². The Morgan fingerprint density at radius 1 is 1.03 bits per heavy atom. The Hall–Kier alpha value is -2.72. The number of hydrogen-bond acceptors (Lipinski definition) is 3. The van der Waals surface area contributed by atoms with Crippen molar-refractivity contribution < 1.29 is 9.53 Å². The largest absolute Gasteiger partial charge is 0.368 e. The van der Waals surface area contributed by atoms with Gasteiger partial charge in [-0.15, -0.1) is 0 Å². The van der Waals surface area contributed by atoms with Gasteiger partial charge in [-0.2, -0.15) is 0 Å². The van der Waals surface area contributed by atoms with Crippen LogP contribution in [0.3, 0.4) is 0 Å². The van der Waals surface area contributed by atoms with Gasteiger partial charge in [0.1, 0.15) is 6.10 Å². The van der Waals surface area contributed by atoms with Crippen molar-refractivity contribution in [2.75, 3.05) is 19.7 Å². The minimum absolute atomic E-state index is 0.188. The molecule has 160 valence electrons. The van der Waals surface area contributed by atoms with Crippen molar-refractivity contribution in [3.8, 4) is 11.1 Å². The number of carbonyl (C=O) groups is 1. The predicted molar refractivity (Wildman–Crippen MR) is 124 cm³/mol. The third kappa shape index (κ3) is 4.22. The molecule has 0 N–H and O–H groups in total. The SMILES string of the molecule is CC(c1ccc(-c2ccc3cccnc3c2)cc1)C1CCN(C(=O)[C@H]2CCCO2)CC1. The standard InChI is InChI=1S/C27H30N2O2/c1-19(21-12-15-29(16-13-21)27(30)26-5-3-17-31-26)20-6-8-22(9-7-20)24-11-10-23-4-2-14-28-25(23)18-24/h2,4,6-11,14,18-19,21,26H,3,5,12-13,15-17H2,1H3/t19?,26-/m1/s1. The van der Waals surface area contributed by atoms with Crippen molar-refractivity contribution in [3.05, 3.63) is 66.4 Å². The van der Waals surface area contributed by atoms with Crippen LogP contribution in [-0.4, -0.2) is 41.6 Å². The maximum Gasteiger partial charge on any atom is 0.251 e. The van der Waals surface area contributed by atoms with Crippen LogP contribution < -0.4 is 0 Å². The second kappa shape index (κ2) is 8.80. The summed E-state index contributed by atoms with van der Waals surface area (Å²) in [5.41, 5.74) is 4.83. The zero-order valence-electron chi connectivity index (χ0n) is 18.2.